The molecule has 3 aliphatic rings. The number of carbonyl (C=O) groups is 2. The number of hydrogen-bond donors (Lipinski definition) is 1. The summed E-state index contributed by atoms with van der Waals surface area (Å²) in [5, 5.41) is 3.44. The molecule has 6 nitrogen and oxygen atoms in total. The van der Waals surface area contributed by atoms with Crippen LogP contribution in [0.2, 0.25) is 0 Å². The summed E-state index contributed by atoms with van der Waals surface area (Å²) < 4.78 is 0. The molecule has 2 amide bonds. The lowest BCUT2D eigenvalue weighted by molar-refractivity contribution is -0.137. The number of nitrogens with one attached hydrogen (secondary N) is 1. The highest BCUT2D eigenvalue weighted by molar-refractivity contribution is 7.99. The number of hydrogen-bond acceptors (Lipinski definition) is 5. The van der Waals surface area contributed by atoms with Crippen molar-refractivity contribution in [3.05, 3.63) is 0 Å². The number of likely N-dealkylation sites (tertiary alicyclic amines) is 1. The molecule has 3 fully saturated rings. The van der Waals surface area contributed by atoms with Gasteiger partial charge in [-0.2, -0.15) is 11.8 Å². The summed E-state index contributed by atoms with van der Waals surface area (Å²) in [4.78, 5) is 31.4. The fourth-order valence-corrected chi connectivity index (χ4v) is 5.35. The molecule has 164 valence electrons. The average molecular weight is 455 g/mol. The van der Waals surface area contributed by atoms with Crippen molar-refractivity contribution in [3.63, 3.8) is 0 Å². The summed E-state index contributed by atoms with van der Waals surface area (Å²) in [5.41, 5.74) is 0. The molecular formula is C19H36Cl2N4O2S. The van der Waals surface area contributed by atoms with Gasteiger partial charge < -0.3 is 15.1 Å². The van der Waals surface area contributed by atoms with Gasteiger partial charge in [0.15, 0.2) is 0 Å². The van der Waals surface area contributed by atoms with E-state index in [0.717, 1.165) is 57.3 Å². The summed E-state index contributed by atoms with van der Waals surface area (Å²) in [6, 6.07) is 0.323. The van der Waals surface area contributed by atoms with Crippen LogP contribution < -0.4 is 5.32 Å². The van der Waals surface area contributed by atoms with Crippen molar-refractivity contribution in [2.24, 2.45) is 11.8 Å². The lowest BCUT2D eigenvalue weighted by Gasteiger charge is -2.38. The Labute approximate surface area is 186 Å². The second kappa shape index (κ2) is 12.5. The SMILES string of the molecule is CC1CC(C)CN(C(=O)CN2CCN(C(=O)CC3CSCCN3)CC2)C1.Cl.Cl. The third-order valence-electron chi connectivity index (χ3n) is 5.72. The Hall–Kier alpha value is -0.210. The maximum Gasteiger partial charge on any atom is 0.236 e. The predicted molar refractivity (Wildman–Crippen MR) is 121 cm³/mol. The molecule has 0 aromatic carbocycles. The van der Waals surface area contributed by atoms with Crippen molar-refractivity contribution in [1.29, 1.82) is 0 Å². The van der Waals surface area contributed by atoms with Gasteiger partial charge in [-0.15, -0.1) is 24.8 Å². The minimum absolute atomic E-state index is 0. The smallest absolute Gasteiger partial charge is 0.236 e. The first-order chi connectivity index (χ1) is 12.5. The van der Waals surface area contributed by atoms with Gasteiger partial charge in [-0.25, -0.2) is 0 Å². The topological polar surface area (TPSA) is 55.9 Å². The van der Waals surface area contributed by atoms with Crippen molar-refractivity contribution >= 4 is 48.4 Å². The molecule has 0 bridgehead atoms. The molecule has 3 rings (SSSR count). The van der Waals surface area contributed by atoms with Gasteiger partial charge in [0.2, 0.25) is 11.8 Å². The van der Waals surface area contributed by atoms with Crippen molar-refractivity contribution in [3.8, 4) is 0 Å². The van der Waals surface area contributed by atoms with Crippen LogP contribution in [0.4, 0.5) is 0 Å². The predicted octanol–water partition coefficient (Wildman–Crippen LogP) is 1.57. The third kappa shape index (κ3) is 7.56. The normalized spacial score (nSPS) is 28.9. The molecule has 28 heavy (non-hydrogen) atoms. The summed E-state index contributed by atoms with van der Waals surface area (Å²) in [6.45, 7) is 10.9. The van der Waals surface area contributed by atoms with Gasteiger partial charge >= 0.3 is 0 Å². The fourth-order valence-electron chi connectivity index (χ4n) is 4.40. The van der Waals surface area contributed by atoms with Gasteiger partial charge in [0, 0.05) is 69.8 Å². The molecule has 0 saturated carbocycles. The summed E-state index contributed by atoms with van der Waals surface area (Å²) in [6.07, 6.45) is 1.83. The Kier molecular flexibility index (Phi) is 11.5. The number of piperidine rings is 1. The molecule has 0 radical (unpaired) electrons. The van der Waals surface area contributed by atoms with Crippen LogP contribution >= 0.6 is 36.6 Å². The number of amides is 2. The largest absolute Gasteiger partial charge is 0.341 e. The van der Waals surface area contributed by atoms with E-state index < -0.39 is 0 Å². The zero-order valence-electron chi connectivity index (χ0n) is 17.1. The number of rotatable bonds is 4. The summed E-state index contributed by atoms with van der Waals surface area (Å²) in [7, 11) is 0. The van der Waals surface area contributed by atoms with Crippen molar-refractivity contribution in [2.75, 3.05) is 63.9 Å². The first-order valence-corrected chi connectivity index (χ1v) is 11.3. The van der Waals surface area contributed by atoms with Crippen LogP contribution in [0, 0.1) is 11.8 Å². The lowest BCUT2D eigenvalue weighted by atomic mass is 9.92. The molecule has 9 heteroatoms. The molecule has 0 aromatic rings. The first-order valence-electron chi connectivity index (χ1n) is 10.1. The molecule has 0 spiro atoms. The Morgan fingerprint density at radius 2 is 1.61 bits per heavy atom. The van der Waals surface area contributed by atoms with E-state index in [1.807, 2.05) is 21.6 Å². The molecule has 3 aliphatic heterocycles. The average Bonchev–Trinajstić information content (AvgIpc) is 2.62. The highest BCUT2D eigenvalue weighted by Crippen LogP contribution is 2.21. The number of piperazine rings is 1. The van der Waals surface area contributed by atoms with Crippen LogP contribution in [0.25, 0.3) is 0 Å². The van der Waals surface area contributed by atoms with Gasteiger partial charge in [-0.1, -0.05) is 13.8 Å². The van der Waals surface area contributed by atoms with E-state index in [2.05, 4.69) is 24.1 Å². The molecule has 0 aliphatic carbocycles. The zero-order chi connectivity index (χ0) is 18.5. The van der Waals surface area contributed by atoms with E-state index >= 15 is 0 Å². The van der Waals surface area contributed by atoms with Crippen LogP contribution in [0.3, 0.4) is 0 Å². The maximum absolute atomic E-state index is 12.6. The minimum Gasteiger partial charge on any atom is -0.341 e. The van der Waals surface area contributed by atoms with Crippen LogP contribution in [0.15, 0.2) is 0 Å². The van der Waals surface area contributed by atoms with Gasteiger partial charge in [0.1, 0.15) is 0 Å². The molecule has 3 unspecified atom stereocenters. The zero-order valence-corrected chi connectivity index (χ0v) is 19.5. The Morgan fingerprint density at radius 3 is 2.18 bits per heavy atom. The number of halogens is 2. The highest BCUT2D eigenvalue weighted by Gasteiger charge is 2.29. The molecule has 3 saturated heterocycles. The van der Waals surface area contributed by atoms with E-state index in [1.54, 1.807) is 0 Å². The molecule has 3 heterocycles. The molecular weight excluding hydrogens is 419 g/mol. The highest BCUT2D eigenvalue weighted by atomic mass is 35.5. The summed E-state index contributed by atoms with van der Waals surface area (Å²) in [5.74, 6) is 3.90. The van der Waals surface area contributed by atoms with Gasteiger partial charge in [0.25, 0.3) is 0 Å². The number of carbonyl (C=O) groups excluding carboxylic acids is 2. The monoisotopic (exact) mass is 454 g/mol. The fraction of sp³-hybridized carbons (Fsp3) is 0.895. The number of nitrogens with zero attached hydrogens (tertiary/aromatic N) is 3. The molecule has 3 atom stereocenters. The maximum atomic E-state index is 12.6. The Balaban J connectivity index is 0.00000196. The Morgan fingerprint density at radius 1 is 0.964 bits per heavy atom. The van der Waals surface area contributed by atoms with Crippen LogP contribution in [-0.2, 0) is 9.59 Å². The second-order valence-electron chi connectivity index (χ2n) is 8.33. The van der Waals surface area contributed by atoms with E-state index in [-0.39, 0.29) is 36.6 Å². The second-order valence-corrected chi connectivity index (χ2v) is 9.48. The number of thioether (sulfide) groups is 1. The Bertz CT molecular complexity index is 490. The van der Waals surface area contributed by atoms with E-state index in [4.69, 9.17) is 0 Å². The first kappa shape index (κ1) is 25.8. The van der Waals surface area contributed by atoms with Gasteiger partial charge in [0.05, 0.1) is 6.54 Å². The van der Waals surface area contributed by atoms with Crippen molar-refractivity contribution in [2.45, 2.75) is 32.7 Å². The van der Waals surface area contributed by atoms with Crippen LogP contribution in [0.1, 0.15) is 26.7 Å². The summed E-state index contributed by atoms with van der Waals surface area (Å²) >= 11 is 1.93. The van der Waals surface area contributed by atoms with Gasteiger partial charge in [-0.3, -0.25) is 14.5 Å². The van der Waals surface area contributed by atoms with Crippen LogP contribution in [0.5, 0.6) is 0 Å². The molecule has 0 aromatic heterocycles. The molecule has 1 N–H and O–H groups in total. The van der Waals surface area contributed by atoms with Crippen LogP contribution in [-0.4, -0.2) is 96.4 Å². The standard InChI is InChI=1S/C19H34N4O2S.2ClH/c1-15-9-16(2)12-23(11-15)19(25)13-21-4-6-22(7-5-21)18(24)10-17-14-26-8-3-20-17;;/h15-17,20H,3-14H2,1-2H3;2*1H. The van der Waals surface area contributed by atoms with E-state index in [9.17, 15) is 9.59 Å². The van der Waals surface area contributed by atoms with E-state index in [1.165, 1.54) is 6.42 Å². The van der Waals surface area contributed by atoms with Crippen molar-refractivity contribution in [1.82, 2.24) is 20.0 Å². The quantitative estimate of drug-likeness (QED) is 0.698. The van der Waals surface area contributed by atoms with E-state index in [0.29, 0.717) is 30.8 Å². The lowest BCUT2D eigenvalue weighted by Crippen LogP contribution is -2.53. The van der Waals surface area contributed by atoms with Gasteiger partial charge in [-0.05, 0) is 18.3 Å². The minimum atomic E-state index is 0. The third-order valence-corrected chi connectivity index (χ3v) is 6.86. The van der Waals surface area contributed by atoms with Crippen molar-refractivity contribution < 1.29 is 9.59 Å².